The predicted molar refractivity (Wildman–Crippen MR) is 250 cm³/mol. The summed E-state index contributed by atoms with van der Waals surface area (Å²) in [4.78, 5) is 35.7. The number of allylic oxidation sites excluding steroid dienone is 12. The summed E-state index contributed by atoms with van der Waals surface area (Å²) in [7, 11) is -5.16. The van der Waals surface area contributed by atoms with Gasteiger partial charge in [0, 0.05) is 12.8 Å². The van der Waals surface area contributed by atoms with Crippen LogP contribution in [0.5, 0.6) is 0 Å². The van der Waals surface area contributed by atoms with Crippen molar-refractivity contribution in [2.24, 2.45) is 0 Å². The maximum absolute atomic E-state index is 12.8. The minimum Gasteiger partial charge on any atom is -0.462 e. The Bertz CT molecular complexity index is 1460. The summed E-state index contributed by atoms with van der Waals surface area (Å²) >= 11 is 0. The molecule has 3 unspecified atom stereocenters. The van der Waals surface area contributed by atoms with Crippen molar-refractivity contribution in [1.82, 2.24) is 0 Å². The standard InChI is InChI=1S/C49H81O14P/c1-3-5-7-9-11-12-13-14-15-16-17-18-19-20-25-29-33-37-43(52)62-41(39-61-64(58,59)63-49-47(56)45(54)44(53)46(55)48(49)57)38-60-42(51)36-32-28-24-22-21-23-27-31-35-40(50)34-30-26-10-8-6-4-2/h14-15,17-18,20,22-27,30-31,35,40-41,44-50,53-57H,3-13,16,19,21,28-29,32-34,36-39H2,1-2H3,(H,58,59)/b15-14-,18-17-,24-22-,25-20-,27-23-,30-26-,35-31+/t40-,41-,44?,45-,46+,47-,48-,49?/m1/s1. The number of phosphoric acid groups is 1. The predicted octanol–water partition coefficient (Wildman–Crippen LogP) is 8.25. The number of hydrogen-bond donors (Lipinski definition) is 7. The summed E-state index contributed by atoms with van der Waals surface area (Å²) in [6.07, 6.45) is 32.4. The van der Waals surface area contributed by atoms with Crippen LogP contribution in [0.1, 0.15) is 149 Å². The number of carbonyl (C=O) groups is 2. The van der Waals surface area contributed by atoms with Gasteiger partial charge in [0.15, 0.2) is 6.10 Å². The normalized spacial score (nSPS) is 22.8. The molecule has 0 heterocycles. The molecule has 0 radical (unpaired) electrons. The van der Waals surface area contributed by atoms with Crippen LogP contribution in [-0.4, -0.2) is 110 Å². The Kier molecular flexibility index (Phi) is 35.2. The molecule has 64 heavy (non-hydrogen) atoms. The van der Waals surface area contributed by atoms with Gasteiger partial charge in [-0.15, -0.1) is 0 Å². The molecule has 0 bridgehead atoms. The third-order valence-corrected chi connectivity index (χ3v) is 11.3. The molecule has 1 aliphatic carbocycles. The molecule has 0 saturated heterocycles. The SMILES string of the molecule is CCCCC/C=C\C[C@@H](O)/C=C/C=C\C/C=C\CCCC(=O)OC[C@H](COP(=O)(O)OC1[C@H](O)[C@H](O)C(O)[C@H](O)[C@H]1O)OC(=O)CCC/C=C\C/C=C\C/C=C\CCCCCCCC. The Labute approximate surface area is 382 Å². The van der Waals surface area contributed by atoms with Gasteiger partial charge in [-0.25, -0.2) is 4.57 Å². The third kappa shape index (κ3) is 30.2. The van der Waals surface area contributed by atoms with E-state index in [-0.39, 0.29) is 12.8 Å². The zero-order valence-corrected chi connectivity index (χ0v) is 39.3. The van der Waals surface area contributed by atoms with Gasteiger partial charge in [0.2, 0.25) is 0 Å². The molecule has 7 N–H and O–H groups in total. The highest BCUT2D eigenvalue weighted by Gasteiger charge is 2.51. The quantitative estimate of drug-likeness (QED) is 0.0102. The summed E-state index contributed by atoms with van der Waals surface area (Å²) in [6, 6.07) is 0. The van der Waals surface area contributed by atoms with E-state index in [1.165, 1.54) is 57.8 Å². The van der Waals surface area contributed by atoms with Crippen LogP contribution in [-0.2, 0) is 32.7 Å². The summed E-state index contributed by atoms with van der Waals surface area (Å²) in [6.45, 7) is 3.09. The van der Waals surface area contributed by atoms with E-state index in [0.717, 1.165) is 25.7 Å². The lowest BCUT2D eigenvalue weighted by molar-refractivity contribution is -0.220. The topological polar surface area (TPSA) is 230 Å². The molecule has 1 saturated carbocycles. The first-order valence-corrected chi connectivity index (χ1v) is 25.0. The molecule has 0 aliphatic heterocycles. The molecule has 0 aromatic rings. The Balaban J connectivity index is 2.57. The highest BCUT2D eigenvalue weighted by Crippen LogP contribution is 2.47. The van der Waals surface area contributed by atoms with E-state index in [4.69, 9.17) is 18.5 Å². The number of aliphatic hydroxyl groups is 6. The molecule has 1 fully saturated rings. The molecule has 1 aliphatic rings. The van der Waals surface area contributed by atoms with Crippen molar-refractivity contribution in [3.63, 3.8) is 0 Å². The summed E-state index contributed by atoms with van der Waals surface area (Å²) < 4.78 is 33.4. The van der Waals surface area contributed by atoms with Crippen LogP contribution in [0.3, 0.4) is 0 Å². The van der Waals surface area contributed by atoms with Gasteiger partial charge in [-0.2, -0.15) is 0 Å². The minimum atomic E-state index is -5.16. The van der Waals surface area contributed by atoms with E-state index < -0.39 is 81.8 Å². The number of unbranched alkanes of at least 4 members (excludes halogenated alkanes) is 11. The maximum atomic E-state index is 12.8. The lowest BCUT2D eigenvalue weighted by Crippen LogP contribution is -2.64. The fourth-order valence-electron chi connectivity index (χ4n) is 6.44. The van der Waals surface area contributed by atoms with E-state index in [1.807, 2.05) is 48.6 Å². The number of rotatable bonds is 37. The van der Waals surface area contributed by atoms with Crippen LogP contribution in [0.4, 0.5) is 0 Å². The summed E-state index contributed by atoms with van der Waals surface area (Å²) in [5.74, 6) is -1.27. The molecular weight excluding hydrogens is 843 g/mol. The Hall–Kier alpha value is -3.01. The number of carbonyl (C=O) groups excluding carboxylic acids is 2. The molecule has 0 aromatic carbocycles. The Morgan fingerprint density at radius 1 is 0.562 bits per heavy atom. The molecule has 15 heteroatoms. The molecular formula is C49H81O14P. The molecule has 366 valence electrons. The molecule has 9 atom stereocenters. The summed E-state index contributed by atoms with van der Waals surface area (Å²) in [5.41, 5.74) is 0. The molecule has 0 amide bonds. The highest BCUT2D eigenvalue weighted by atomic mass is 31.2. The van der Waals surface area contributed by atoms with E-state index in [2.05, 4.69) is 44.2 Å². The van der Waals surface area contributed by atoms with Gasteiger partial charge in [-0.05, 0) is 77.0 Å². The monoisotopic (exact) mass is 925 g/mol. The molecule has 0 spiro atoms. The lowest BCUT2D eigenvalue weighted by atomic mass is 9.85. The van der Waals surface area contributed by atoms with Crippen molar-refractivity contribution in [1.29, 1.82) is 0 Å². The smallest absolute Gasteiger partial charge is 0.462 e. The number of esters is 2. The van der Waals surface area contributed by atoms with Gasteiger partial charge < -0.3 is 45.0 Å². The highest BCUT2D eigenvalue weighted by molar-refractivity contribution is 7.47. The van der Waals surface area contributed by atoms with Crippen molar-refractivity contribution in [2.75, 3.05) is 13.2 Å². The van der Waals surface area contributed by atoms with E-state index in [1.54, 1.807) is 6.08 Å². The van der Waals surface area contributed by atoms with Crippen LogP contribution in [0.15, 0.2) is 85.1 Å². The minimum absolute atomic E-state index is 0.00348. The van der Waals surface area contributed by atoms with Crippen molar-refractivity contribution in [2.45, 2.75) is 198 Å². The zero-order valence-electron chi connectivity index (χ0n) is 38.4. The van der Waals surface area contributed by atoms with E-state index in [0.29, 0.717) is 38.5 Å². The van der Waals surface area contributed by atoms with Crippen molar-refractivity contribution in [3.05, 3.63) is 85.1 Å². The first kappa shape index (κ1) is 59.0. The van der Waals surface area contributed by atoms with Crippen LogP contribution >= 0.6 is 7.82 Å². The number of hydrogen-bond acceptors (Lipinski definition) is 13. The van der Waals surface area contributed by atoms with Gasteiger partial charge in [0.1, 0.15) is 43.2 Å². The van der Waals surface area contributed by atoms with Gasteiger partial charge in [-0.3, -0.25) is 18.6 Å². The fourth-order valence-corrected chi connectivity index (χ4v) is 7.41. The van der Waals surface area contributed by atoms with Gasteiger partial charge in [0.05, 0.1) is 12.7 Å². The number of phosphoric ester groups is 1. The molecule has 0 aromatic heterocycles. The first-order valence-electron chi connectivity index (χ1n) is 23.5. The second-order valence-electron chi connectivity index (χ2n) is 16.1. The maximum Gasteiger partial charge on any atom is 0.472 e. The van der Waals surface area contributed by atoms with Crippen LogP contribution in [0, 0.1) is 0 Å². The Morgan fingerprint density at radius 2 is 1.03 bits per heavy atom. The Morgan fingerprint density at radius 3 is 1.64 bits per heavy atom. The van der Waals surface area contributed by atoms with Crippen molar-refractivity contribution in [3.8, 4) is 0 Å². The van der Waals surface area contributed by atoms with Crippen molar-refractivity contribution < 1.29 is 68.2 Å². The number of aliphatic hydroxyl groups excluding tert-OH is 6. The number of ether oxygens (including phenoxy) is 2. The zero-order chi connectivity index (χ0) is 47.3. The van der Waals surface area contributed by atoms with E-state index >= 15 is 0 Å². The first-order chi connectivity index (χ1) is 30.8. The summed E-state index contributed by atoms with van der Waals surface area (Å²) in [5, 5.41) is 60.2. The van der Waals surface area contributed by atoms with Crippen LogP contribution < -0.4 is 0 Å². The second-order valence-corrected chi connectivity index (χ2v) is 17.5. The second kappa shape index (κ2) is 38.1. The van der Waals surface area contributed by atoms with Gasteiger partial charge in [-0.1, -0.05) is 144 Å². The fraction of sp³-hybridized carbons (Fsp3) is 0.673. The average Bonchev–Trinajstić information content (AvgIpc) is 3.27. The van der Waals surface area contributed by atoms with Crippen LogP contribution in [0.25, 0.3) is 0 Å². The lowest BCUT2D eigenvalue weighted by Gasteiger charge is -2.41. The third-order valence-electron chi connectivity index (χ3n) is 10.3. The molecule has 14 nitrogen and oxygen atoms in total. The van der Waals surface area contributed by atoms with Gasteiger partial charge in [0.25, 0.3) is 0 Å². The average molecular weight is 925 g/mol. The van der Waals surface area contributed by atoms with Crippen LogP contribution in [0.2, 0.25) is 0 Å². The molecule has 1 rings (SSSR count). The largest absolute Gasteiger partial charge is 0.472 e. The van der Waals surface area contributed by atoms with Gasteiger partial charge >= 0.3 is 19.8 Å². The van der Waals surface area contributed by atoms with Crippen molar-refractivity contribution >= 4 is 19.8 Å². The van der Waals surface area contributed by atoms with E-state index in [9.17, 15) is 49.7 Å².